The van der Waals surface area contributed by atoms with Crippen molar-refractivity contribution in [3.05, 3.63) is 102 Å². The summed E-state index contributed by atoms with van der Waals surface area (Å²) in [6.07, 6.45) is 1.56. The maximum Gasteiger partial charge on any atom is 0.236 e. The van der Waals surface area contributed by atoms with Gasteiger partial charge in [0, 0.05) is 18.5 Å². The van der Waals surface area contributed by atoms with Crippen molar-refractivity contribution in [1.82, 2.24) is 14.9 Å². The Bertz CT molecular complexity index is 1070. The molecule has 3 aromatic carbocycles. The van der Waals surface area contributed by atoms with Crippen LogP contribution in [0.5, 0.6) is 0 Å². The number of amides is 1. The summed E-state index contributed by atoms with van der Waals surface area (Å²) < 4.78 is 0. The van der Waals surface area contributed by atoms with Crippen molar-refractivity contribution < 1.29 is 4.79 Å². The fraction of sp³-hybridized carbons (Fsp3) is 0.160. The summed E-state index contributed by atoms with van der Waals surface area (Å²) in [5, 5.41) is 1.54. The van der Waals surface area contributed by atoms with Crippen molar-refractivity contribution in [1.29, 1.82) is 0 Å². The lowest BCUT2D eigenvalue weighted by Crippen LogP contribution is -2.35. The Hall–Kier alpha value is -3.18. The molecule has 0 unspecified atom stereocenters. The number of fused-ring (bicyclic) bond motifs is 1. The van der Waals surface area contributed by atoms with E-state index >= 15 is 0 Å². The molecule has 150 valence electrons. The molecule has 1 amide bonds. The number of rotatable bonds is 7. The van der Waals surface area contributed by atoms with Gasteiger partial charge in [-0.15, -0.1) is 0 Å². The van der Waals surface area contributed by atoms with Crippen molar-refractivity contribution >= 4 is 28.6 Å². The van der Waals surface area contributed by atoms with E-state index in [-0.39, 0.29) is 11.2 Å². The molecule has 5 heteroatoms. The highest BCUT2D eigenvalue weighted by atomic mass is 32.2. The van der Waals surface area contributed by atoms with Gasteiger partial charge < -0.3 is 4.90 Å². The Balaban J connectivity index is 1.56. The highest BCUT2D eigenvalue weighted by Gasteiger charge is 2.23. The van der Waals surface area contributed by atoms with Gasteiger partial charge in [0.05, 0.1) is 10.8 Å². The number of hydrogen-bond donors (Lipinski definition) is 0. The molecule has 4 aromatic rings. The SMILES string of the molecule is C[C@H](Sc1ncnc2ccccc12)C(=O)N(Cc1ccccc1)Cc1ccccc1. The second-order valence-electron chi connectivity index (χ2n) is 7.12. The van der Waals surface area contributed by atoms with Crippen molar-refractivity contribution in [2.24, 2.45) is 0 Å². The first kappa shape index (κ1) is 20.1. The molecule has 0 fully saturated rings. The number of thioether (sulfide) groups is 1. The second kappa shape index (κ2) is 9.55. The number of para-hydroxylation sites is 1. The average Bonchev–Trinajstić information content (AvgIpc) is 2.80. The van der Waals surface area contributed by atoms with Gasteiger partial charge in [-0.1, -0.05) is 90.6 Å². The van der Waals surface area contributed by atoms with Crippen molar-refractivity contribution in [3.63, 3.8) is 0 Å². The molecule has 0 spiro atoms. The Kier molecular flexibility index (Phi) is 6.40. The molecule has 1 aromatic heterocycles. The van der Waals surface area contributed by atoms with Gasteiger partial charge in [-0.05, 0) is 24.1 Å². The maximum atomic E-state index is 13.5. The van der Waals surface area contributed by atoms with E-state index in [1.54, 1.807) is 6.33 Å². The third-order valence-electron chi connectivity index (χ3n) is 4.89. The van der Waals surface area contributed by atoms with Crippen LogP contribution in [-0.4, -0.2) is 26.0 Å². The van der Waals surface area contributed by atoms with Gasteiger partial charge in [0.2, 0.25) is 5.91 Å². The Morgan fingerprint density at radius 2 is 1.40 bits per heavy atom. The van der Waals surface area contributed by atoms with Gasteiger partial charge in [0.15, 0.2) is 0 Å². The number of carbonyl (C=O) groups excluding carboxylic acids is 1. The number of hydrogen-bond acceptors (Lipinski definition) is 4. The molecular weight excluding hydrogens is 390 g/mol. The summed E-state index contributed by atoms with van der Waals surface area (Å²) in [5.74, 6) is 0.0930. The van der Waals surface area contributed by atoms with Crippen molar-refractivity contribution in [3.8, 4) is 0 Å². The highest BCUT2D eigenvalue weighted by molar-refractivity contribution is 8.00. The van der Waals surface area contributed by atoms with Crippen LogP contribution in [0.25, 0.3) is 10.9 Å². The number of carbonyl (C=O) groups is 1. The van der Waals surface area contributed by atoms with Crippen LogP contribution in [0.15, 0.2) is 96.3 Å². The quantitative estimate of drug-likeness (QED) is 0.303. The molecule has 0 radical (unpaired) electrons. The normalized spacial score (nSPS) is 11.9. The van der Waals surface area contributed by atoms with E-state index in [1.807, 2.05) is 72.5 Å². The standard InChI is InChI=1S/C25H23N3OS/c1-19(30-24-22-14-8-9-15-23(22)26-18-27-24)25(29)28(16-20-10-4-2-5-11-20)17-21-12-6-3-7-13-21/h2-15,18-19H,16-17H2,1H3/t19-/m0/s1. The van der Waals surface area contributed by atoms with Crippen LogP contribution >= 0.6 is 11.8 Å². The molecule has 0 saturated carbocycles. The van der Waals surface area contributed by atoms with Crippen molar-refractivity contribution in [2.75, 3.05) is 0 Å². The van der Waals surface area contributed by atoms with E-state index in [0.29, 0.717) is 13.1 Å². The predicted molar refractivity (Wildman–Crippen MR) is 122 cm³/mol. The first-order valence-corrected chi connectivity index (χ1v) is 10.8. The van der Waals surface area contributed by atoms with Crippen LogP contribution in [0.4, 0.5) is 0 Å². The predicted octanol–water partition coefficient (Wildman–Crippen LogP) is 5.34. The Morgan fingerprint density at radius 1 is 0.833 bits per heavy atom. The van der Waals surface area contributed by atoms with Crippen LogP contribution in [-0.2, 0) is 17.9 Å². The molecule has 30 heavy (non-hydrogen) atoms. The van der Waals surface area contributed by atoms with E-state index in [2.05, 4.69) is 34.2 Å². The lowest BCUT2D eigenvalue weighted by Gasteiger charge is -2.26. The van der Waals surface area contributed by atoms with Gasteiger partial charge in [-0.25, -0.2) is 9.97 Å². The third kappa shape index (κ3) is 4.86. The van der Waals surface area contributed by atoms with Gasteiger partial charge in [0.1, 0.15) is 11.4 Å². The smallest absolute Gasteiger partial charge is 0.236 e. The van der Waals surface area contributed by atoms with Gasteiger partial charge in [-0.2, -0.15) is 0 Å². The number of nitrogens with zero attached hydrogens (tertiary/aromatic N) is 3. The van der Waals surface area contributed by atoms with Gasteiger partial charge >= 0.3 is 0 Å². The first-order valence-electron chi connectivity index (χ1n) is 9.94. The average molecular weight is 414 g/mol. The summed E-state index contributed by atoms with van der Waals surface area (Å²) in [6, 6.07) is 28.1. The van der Waals surface area contributed by atoms with E-state index < -0.39 is 0 Å². The molecule has 1 heterocycles. The van der Waals surface area contributed by atoms with Crippen LogP contribution in [0.1, 0.15) is 18.1 Å². The molecule has 1 atom stereocenters. The largest absolute Gasteiger partial charge is 0.333 e. The molecule has 0 aliphatic rings. The molecular formula is C25H23N3OS. The molecule has 0 aliphatic heterocycles. The lowest BCUT2D eigenvalue weighted by atomic mass is 10.1. The zero-order valence-electron chi connectivity index (χ0n) is 16.8. The van der Waals surface area contributed by atoms with Crippen molar-refractivity contribution in [2.45, 2.75) is 30.3 Å². The summed E-state index contributed by atoms with van der Waals surface area (Å²) in [4.78, 5) is 24.1. The van der Waals surface area contributed by atoms with Crippen LogP contribution < -0.4 is 0 Å². The Labute approximate surface area is 181 Å². The molecule has 0 N–H and O–H groups in total. The minimum atomic E-state index is -0.268. The lowest BCUT2D eigenvalue weighted by molar-refractivity contribution is -0.131. The van der Waals surface area contributed by atoms with E-state index in [1.165, 1.54) is 11.8 Å². The van der Waals surface area contributed by atoms with Gasteiger partial charge in [0.25, 0.3) is 0 Å². The van der Waals surface area contributed by atoms with Crippen LogP contribution in [0.2, 0.25) is 0 Å². The second-order valence-corrected chi connectivity index (χ2v) is 8.45. The highest BCUT2D eigenvalue weighted by Crippen LogP contribution is 2.29. The van der Waals surface area contributed by atoms with E-state index in [0.717, 1.165) is 27.1 Å². The number of benzene rings is 3. The molecule has 0 saturated heterocycles. The maximum absolute atomic E-state index is 13.5. The summed E-state index contributed by atoms with van der Waals surface area (Å²) in [6.45, 7) is 3.10. The van der Waals surface area contributed by atoms with E-state index in [9.17, 15) is 4.79 Å². The zero-order valence-corrected chi connectivity index (χ0v) is 17.6. The minimum Gasteiger partial charge on any atom is -0.333 e. The molecule has 0 bridgehead atoms. The Morgan fingerprint density at radius 3 is 2.03 bits per heavy atom. The van der Waals surface area contributed by atoms with Gasteiger partial charge in [-0.3, -0.25) is 4.79 Å². The summed E-state index contributed by atoms with van der Waals surface area (Å²) in [7, 11) is 0. The zero-order chi connectivity index (χ0) is 20.8. The molecule has 4 nitrogen and oxygen atoms in total. The molecule has 4 rings (SSSR count). The van der Waals surface area contributed by atoms with Crippen LogP contribution in [0, 0.1) is 0 Å². The topological polar surface area (TPSA) is 46.1 Å². The minimum absolute atomic E-state index is 0.0930. The first-order chi connectivity index (χ1) is 14.7. The number of aromatic nitrogens is 2. The monoisotopic (exact) mass is 413 g/mol. The molecule has 0 aliphatic carbocycles. The van der Waals surface area contributed by atoms with E-state index in [4.69, 9.17) is 0 Å². The fourth-order valence-electron chi connectivity index (χ4n) is 3.37. The summed E-state index contributed by atoms with van der Waals surface area (Å²) in [5.41, 5.74) is 3.12. The third-order valence-corrected chi connectivity index (χ3v) is 5.99. The fourth-order valence-corrected chi connectivity index (χ4v) is 4.36. The van der Waals surface area contributed by atoms with Crippen LogP contribution in [0.3, 0.4) is 0 Å². The summed E-state index contributed by atoms with van der Waals surface area (Å²) >= 11 is 1.49.